The molecule has 4 heteroatoms. The summed E-state index contributed by atoms with van der Waals surface area (Å²) in [6.45, 7) is 4.62. The average Bonchev–Trinajstić information content (AvgIpc) is 2.44. The van der Waals surface area contributed by atoms with E-state index in [1.165, 1.54) is 0 Å². The first-order valence-electron chi connectivity index (χ1n) is 5.17. The topological polar surface area (TPSA) is 37.4 Å². The molecule has 1 aliphatic rings. The van der Waals surface area contributed by atoms with Crippen molar-refractivity contribution in [2.45, 2.75) is 13.8 Å². The number of hydrogen-bond donors (Lipinski definition) is 0. The number of halogens is 1. The molecule has 1 amide bonds. The summed E-state index contributed by atoms with van der Waals surface area (Å²) in [5, 5.41) is 0. The Morgan fingerprint density at radius 1 is 1.31 bits per heavy atom. The first kappa shape index (κ1) is 11.3. The molecule has 0 atom stereocenters. The number of rotatable bonds is 2. The molecule has 1 heterocycles. The number of nitrogens with zero attached hydrogens (tertiary/aromatic N) is 1. The smallest absolute Gasteiger partial charge is 0.299 e. The van der Waals surface area contributed by atoms with E-state index in [9.17, 15) is 9.59 Å². The molecule has 0 fully saturated rings. The molecule has 0 N–H and O–H groups in total. The molecule has 0 spiro atoms. The Bertz CT molecular complexity index is 468. The fraction of sp³-hybridized carbons (Fsp3) is 0.333. The van der Waals surface area contributed by atoms with E-state index >= 15 is 0 Å². The van der Waals surface area contributed by atoms with Crippen molar-refractivity contribution in [1.29, 1.82) is 0 Å². The number of carbonyl (C=O) groups excluding carboxylic acids is 2. The van der Waals surface area contributed by atoms with Crippen LogP contribution in [0.25, 0.3) is 0 Å². The maximum atomic E-state index is 11.8. The Balaban J connectivity index is 2.50. The van der Waals surface area contributed by atoms with Gasteiger partial charge in [0.1, 0.15) is 0 Å². The molecule has 0 saturated heterocycles. The standard InChI is InChI=1S/C12H12BrNO2/c1-7(2)6-14-9-5-3-4-8(13)10(9)11(15)12(14)16/h3-5,7H,6H2,1-2H3. The van der Waals surface area contributed by atoms with Gasteiger partial charge in [-0.2, -0.15) is 0 Å². The Morgan fingerprint density at radius 2 is 2.00 bits per heavy atom. The number of fused-ring (bicyclic) bond motifs is 1. The van der Waals surface area contributed by atoms with Crippen LogP contribution in [0.1, 0.15) is 24.2 Å². The van der Waals surface area contributed by atoms with Crippen LogP contribution in [0.2, 0.25) is 0 Å². The van der Waals surface area contributed by atoms with E-state index in [4.69, 9.17) is 0 Å². The number of benzene rings is 1. The molecule has 1 aromatic carbocycles. The van der Waals surface area contributed by atoms with Gasteiger partial charge >= 0.3 is 0 Å². The summed E-state index contributed by atoms with van der Waals surface area (Å²) in [6, 6.07) is 5.43. The average molecular weight is 282 g/mol. The van der Waals surface area contributed by atoms with Crippen LogP contribution in [0.5, 0.6) is 0 Å². The largest absolute Gasteiger partial charge is 0.304 e. The van der Waals surface area contributed by atoms with Gasteiger partial charge in [0.25, 0.3) is 11.7 Å². The van der Waals surface area contributed by atoms with Gasteiger partial charge in [-0.3, -0.25) is 9.59 Å². The van der Waals surface area contributed by atoms with Gasteiger partial charge in [0.05, 0.1) is 11.3 Å². The lowest BCUT2D eigenvalue weighted by molar-refractivity contribution is -0.114. The molecular weight excluding hydrogens is 270 g/mol. The number of carbonyl (C=O) groups is 2. The van der Waals surface area contributed by atoms with Gasteiger partial charge in [-0.05, 0) is 34.0 Å². The summed E-state index contributed by atoms with van der Waals surface area (Å²) in [4.78, 5) is 25.2. The number of anilines is 1. The fourth-order valence-electron chi connectivity index (χ4n) is 1.85. The summed E-state index contributed by atoms with van der Waals surface area (Å²) >= 11 is 3.31. The third-order valence-electron chi connectivity index (χ3n) is 2.50. The summed E-state index contributed by atoms with van der Waals surface area (Å²) in [6.07, 6.45) is 0. The third-order valence-corrected chi connectivity index (χ3v) is 3.16. The number of amides is 1. The minimum atomic E-state index is -0.421. The molecule has 1 aromatic rings. The van der Waals surface area contributed by atoms with E-state index in [1.807, 2.05) is 26.0 Å². The molecule has 0 aliphatic carbocycles. The Labute approximate surface area is 103 Å². The first-order chi connectivity index (χ1) is 7.52. The number of ketones is 1. The van der Waals surface area contributed by atoms with Gasteiger partial charge in [-0.1, -0.05) is 19.9 Å². The highest BCUT2D eigenvalue weighted by Crippen LogP contribution is 2.34. The van der Waals surface area contributed by atoms with Crippen molar-refractivity contribution >= 4 is 33.3 Å². The molecule has 0 unspecified atom stereocenters. The van der Waals surface area contributed by atoms with Gasteiger partial charge in [-0.15, -0.1) is 0 Å². The van der Waals surface area contributed by atoms with E-state index in [0.717, 1.165) is 5.69 Å². The minimum absolute atomic E-state index is 0.335. The van der Waals surface area contributed by atoms with E-state index in [2.05, 4.69) is 15.9 Å². The molecule has 0 saturated carbocycles. The zero-order chi connectivity index (χ0) is 11.9. The van der Waals surface area contributed by atoms with Crippen molar-refractivity contribution in [3.63, 3.8) is 0 Å². The van der Waals surface area contributed by atoms with Crippen molar-refractivity contribution in [3.8, 4) is 0 Å². The fourth-order valence-corrected chi connectivity index (χ4v) is 2.38. The molecule has 0 aromatic heterocycles. The molecule has 84 valence electrons. The van der Waals surface area contributed by atoms with Crippen molar-refractivity contribution in [3.05, 3.63) is 28.2 Å². The lowest BCUT2D eigenvalue weighted by Crippen LogP contribution is -2.32. The van der Waals surface area contributed by atoms with Gasteiger partial charge in [0, 0.05) is 11.0 Å². The summed E-state index contributed by atoms with van der Waals surface area (Å²) in [5.74, 6) is -0.500. The number of hydrogen-bond acceptors (Lipinski definition) is 2. The Hall–Kier alpha value is -1.16. The second-order valence-electron chi connectivity index (χ2n) is 4.27. The van der Waals surface area contributed by atoms with E-state index in [-0.39, 0.29) is 0 Å². The molecular formula is C12H12BrNO2. The third kappa shape index (κ3) is 1.67. The zero-order valence-corrected chi connectivity index (χ0v) is 10.7. The van der Waals surface area contributed by atoms with Crippen LogP contribution >= 0.6 is 15.9 Å². The van der Waals surface area contributed by atoms with Crippen LogP contribution in [0.4, 0.5) is 5.69 Å². The van der Waals surface area contributed by atoms with Crippen LogP contribution in [0.3, 0.4) is 0 Å². The maximum absolute atomic E-state index is 11.8. The van der Waals surface area contributed by atoms with E-state index < -0.39 is 11.7 Å². The van der Waals surface area contributed by atoms with Crippen molar-refractivity contribution in [2.24, 2.45) is 5.92 Å². The summed E-state index contributed by atoms with van der Waals surface area (Å²) in [5.41, 5.74) is 1.21. The first-order valence-corrected chi connectivity index (χ1v) is 5.96. The van der Waals surface area contributed by atoms with Crippen LogP contribution in [0, 0.1) is 5.92 Å². The van der Waals surface area contributed by atoms with Crippen LogP contribution in [0.15, 0.2) is 22.7 Å². The van der Waals surface area contributed by atoms with Crippen LogP contribution in [-0.2, 0) is 4.79 Å². The second-order valence-corrected chi connectivity index (χ2v) is 5.13. The zero-order valence-electron chi connectivity index (χ0n) is 9.16. The highest BCUT2D eigenvalue weighted by atomic mass is 79.9. The molecule has 1 aliphatic heterocycles. The Morgan fingerprint density at radius 3 is 2.62 bits per heavy atom. The predicted molar refractivity (Wildman–Crippen MR) is 65.7 cm³/mol. The molecule has 0 bridgehead atoms. The molecule has 16 heavy (non-hydrogen) atoms. The normalized spacial score (nSPS) is 14.9. The SMILES string of the molecule is CC(C)CN1C(=O)C(=O)c2c(Br)cccc21. The van der Waals surface area contributed by atoms with E-state index in [0.29, 0.717) is 22.5 Å². The highest BCUT2D eigenvalue weighted by Gasteiger charge is 2.37. The van der Waals surface area contributed by atoms with Gasteiger partial charge in [0.15, 0.2) is 0 Å². The van der Waals surface area contributed by atoms with Crippen LogP contribution < -0.4 is 4.90 Å². The maximum Gasteiger partial charge on any atom is 0.299 e. The van der Waals surface area contributed by atoms with Crippen LogP contribution in [-0.4, -0.2) is 18.2 Å². The van der Waals surface area contributed by atoms with Gasteiger partial charge < -0.3 is 4.90 Å². The highest BCUT2D eigenvalue weighted by molar-refractivity contribution is 9.10. The quantitative estimate of drug-likeness (QED) is 0.782. The predicted octanol–water partition coefficient (Wildman–Crippen LogP) is 2.63. The molecule has 3 nitrogen and oxygen atoms in total. The van der Waals surface area contributed by atoms with Crippen molar-refractivity contribution < 1.29 is 9.59 Å². The lowest BCUT2D eigenvalue weighted by Gasteiger charge is -2.18. The van der Waals surface area contributed by atoms with Gasteiger partial charge in [-0.25, -0.2) is 0 Å². The molecule has 0 radical (unpaired) electrons. The van der Waals surface area contributed by atoms with E-state index in [1.54, 1.807) is 11.0 Å². The minimum Gasteiger partial charge on any atom is -0.304 e. The van der Waals surface area contributed by atoms with Crippen molar-refractivity contribution in [2.75, 3.05) is 11.4 Å². The summed E-state index contributed by atoms with van der Waals surface area (Å²) < 4.78 is 0.689. The molecule has 2 rings (SSSR count). The Kier molecular flexibility index (Phi) is 2.84. The van der Waals surface area contributed by atoms with Gasteiger partial charge in [0.2, 0.25) is 0 Å². The second kappa shape index (κ2) is 4.01. The number of Topliss-reactive ketones (excluding diaryl/α,β-unsaturated/α-hetero) is 1. The van der Waals surface area contributed by atoms with Crippen molar-refractivity contribution in [1.82, 2.24) is 0 Å². The monoisotopic (exact) mass is 281 g/mol. The summed E-state index contributed by atoms with van der Waals surface area (Å²) in [7, 11) is 0. The lowest BCUT2D eigenvalue weighted by atomic mass is 10.1.